The van der Waals surface area contributed by atoms with Gasteiger partial charge in [-0.25, -0.2) is 0 Å². The minimum atomic E-state index is -4.89. The summed E-state index contributed by atoms with van der Waals surface area (Å²) in [7, 11) is 0. The molecule has 0 aliphatic carbocycles. The third-order valence-corrected chi connectivity index (χ3v) is 2.30. The summed E-state index contributed by atoms with van der Waals surface area (Å²) in [6.07, 6.45) is -4.35. The Bertz CT molecular complexity index is 412. The van der Waals surface area contributed by atoms with Crippen LogP contribution in [0.2, 0.25) is 0 Å². The van der Waals surface area contributed by atoms with E-state index in [4.69, 9.17) is 0 Å². The molecule has 0 atom stereocenters. The second-order valence-corrected chi connectivity index (χ2v) is 3.41. The normalized spacial score (nSPS) is 15.7. The van der Waals surface area contributed by atoms with Crippen molar-refractivity contribution < 1.29 is 18.0 Å². The molecule has 1 aliphatic heterocycles. The summed E-state index contributed by atoms with van der Waals surface area (Å²) >= 11 is 0. The average Bonchev–Trinajstić information content (AvgIpc) is 2.61. The molecule has 5 nitrogen and oxygen atoms in total. The minimum Gasteiger partial charge on any atom is -0.311 e. The van der Waals surface area contributed by atoms with Gasteiger partial charge in [0.15, 0.2) is 5.82 Å². The van der Waals surface area contributed by atoms with Crippen LogP contribution >= 0.6 is 0 Å². The highest BCUT2D eigenvalue weighted by Crippen LogP contribution is 2.22. The summed E-state index contributed by atoms with van der Waals surface area (Å²) in [4.78, 5) is 10.7. The van der Waals surface area contributed by atoms with E-state index in [9.17, 15) is 18.0 Å². The Hall–Kier alpha value is -1.57. The standard InChI is InChI=1S/C8H9F3N4O/c9-8(10,11)7(16)13-6-4-1-2-12-3-5(4)14-15-6/h12H,1-3H2,(H2,13,14,15,16). The van der Waals surface area contributed by atoms with E-state index in [1.54, 1.807) is 5.32 Å². The number of carbonyl (C=O) groups excluding carboxylic acids is 1. The van der Waals surface area contributed by atoms with E-state index in [2.05, 4.69) is 15.5 Å². The fourth-order valence-electron chi connectivity index (χ4n) is 1.53. The van der Waals surface area contributed by atoms with Gasteiger partial charge >= 0.3 is 12.1 Å². The van der Waals surface area contributed by atoms with Crippen molar-refractivity contribution in [1.29, 1.82) is 0 Å². The molecule has 16 heavy (non-hydrogen) atoms. The molecule has 0 aromatic carbocycles. The van der Waals surface area contributed by atoms with Gasteiger partial charge in [-0.15, -0.1) is 0 Å². The molecular formula is C8H9F3N4O. The van der Waals surface area contributed by atoms with Crippen molar-refractivity contribution in [3.8, 4) is 0 Å². The molecule has 2 rings (SSSR count). The number of anilines is 1. The fraction of sp³-hybridized carbons (Fsp3) is 0.500. The zero-order valence-corrected chi connectivity index (χ0v) is 8.11. The van der Waals surface area contributed by atoms with Crippen molar-refractivity contribution >= 4 is 11.7 Å². The number of carbonyl (C=O) groups is 1. The Morgan fingerprint density at radius 3 is 2.88 bits per heavy atom. The van der Waals surface area contributed by atoms with Gasteiger partial charge in [0.05, 0.1) is 5.69 Å². The second kappa shape index (κ2) is 3.78. The molecule has 2 heterocycles. The molecule has 1 aromatic heterocycles. The Labute approximate surface area is 88.4 Å². The quantitative estimate of drug-likeness (QED) is 0.664. The van der Waals surface area contributed by atoms with E-state index in [1.165, 1.54) is 0 Å². The largest absolute Gasteiger partial charge is 0.471 e. The van der Waals surface area contributed by atoms with Crippen LogP contribution in [0.15, 0.2) is 0 Å². The number of fused-ring (bicyclic) bond motifs is 1. The summed E-state index contributed by atoms with van der Waals surface area (Å²) in [6, 6.07) is 0. The van der Waals surface area contributed by atoms with Gasteiger partial charge in [-0.2, -0.15) is 18.3 Å². The zero-order valence-electron chi connectivity index (χ0n) is 8.11. The molecule has 0 bridgehead atoms. The highest BCUT2D eigenvalue weighted by Gasteiger charge is 2.39. The van der Waals surface area contributed by atoms with Crippen LogP contribution in [0.5, 0.6) is 0 Å². The van der Waals surface area contributed by atoms with E-state index >= 15 is 0 Å². The summed E-state index contributed by atoms with van der Waals surface area (Å²) in [6.45, 7) is 1.17. The number of H-pyrrole nitrogens is 1. The minimum absolute atomic E-state index is 0.0289. The predicted molar refractivity (Wildman–Crippen MR) is 48.7 cm³/mol. The van der Waals surface area contributed by atoms with Crippen LogP contribution in [-0.4, -0.2) is 28.8 Å². The van der Waals surface area contributed by atoms with Crippen molar-refractivity contribution in [3.63, 3.8) is 0 Å². The van der Waals surface area contributed by atoms with Crippen LogP contribution in [0.1, 0.15) is 11.3 Å². The number of nitrogens with zero attached hydrogens (tertiary/aromatic N) is 1. The SMILES string of the molecule is O=C(Nc1n[nH]c2c1CCNC2)C(F)(F)F. The van der Waals surface area contributed by atoms with Crippen LogP contribution < -0.4 is 10.6 Å². The van der Waals surface area contributed by atoms with Gasteiger partial charge in [-0.05, 0) is 13.0 Å². The van der Waals surface area contributed by atoms with Gasteiger partial charge in [-0.1, -0.05) is 0 Å². The third kappa shape index (κ3) is 2.01. The van der Waals surface area contributed by atoms with Crippen LogP contribution in [0.25, 0.3) is 0 Å². The molecular weight excluding hydrogens is 225 g/mol. The molecule has 1 aliphatic rings. The summed E-state index contributed by atoms with van der Waals surface area (Å²) in [5, 5.41) is 11.0. The van der Waals surface area contributed by atoms with Gasteiger partial charge in [0.25, 0.3) is 0 Å². The maximum atomic E-state index is 12.0. The zero-order chi connectivity index (χ0) is 11.8. The maximum absolute atomic E-state index is 12.0. The molecule has 0 saturated heterocycles. The molecule has 0 spiro atoms. The lowest BCUT2D eigenvalue weighted by atomic mass is 10.1. The second-order valence-electron chi connectivity index (χ2n) is 3.41. The molecule has 1 aromatic rings. The number of rotatable bonds is 1. The lowest BCUT2D eigenvalue weighted by Gasteiger charge is -2.13. The Kier molecular flexibility index (Phi) is 2.58. The van der Waals surface area contributed by atoms with Gasteiger partial charge in [0.1, 0.15) is 0 Å². The highest BCUT2D eigenvalue weighted by atomic mass is 19.4. The number of hydrogen-bond donors (Lipinski definition) is 3. The lowest BCUT2D eigenvalue weighted by molar-refractivity contribution is -0.167. The molecule has 0 radical (unpaired) electrons. The van der Waals surface area contributed by atoms with Crippen molar-refractivity contribution in [2.24, 2.45) is 0 Å². The monoisotopic (exact) mass is 234 g/mol. The van der Waals surface area contributed by atoms with Crippen LogP contribution in [-0.2, 0) is 17.8 Å². The first-order valence-corrected chi connectivity index (χ1v) is 4.63. The molecule has 3 N–H and O–H groups in total. The lowest BCUT2D eigenvalue weighted by Crippen LogP contribution is -2.31. The number of nitrogens with one attached hydrogen (secondary N) is 3. The van der Waals surface area contributed by atoms with Gasteiger partial charge in [0, 0.05) is 12.1 Å². The van der Waals surface area contributed by atoms with Crippen molar-refractivity contribution in [2.45, 2.75) is 19.1 Å². The van der Waals surface area contributed by atoms with Gasteiger partial charge in [-0.3, -0.25) is 9.89 Å². The number of aromatic amines is 1. The summed E-state index contributed by atoms with van der Waals surface area (Å²) in [5.74, 6) is -2.03. The molecule has 8 heteroatoms. The van der Waals surface area contributed by atoms with Crippen molar-refractivity contribution in [3.05, 3.63) is 11.3 Å². The van der Waals surface area contributed by atoms with Gasteiger partial charge in [0.2, 0.25) is 0 Å². The first-order valence-electron chi connectivity index (χ1n) is 4.63. The summed E-state index contributed by atoms with van der Waals surface area (Å²) in [5.41, 5.74) is 1.35. The number of halogens is 3. The number of hydrogen-bond acceptors (Lipinski definition) is 3. The molecule has 0 saturated carbocycles. The summed E-state index contributed by atoms with van der Waals surface area (Å²) < 4.78 is 36.0. The van der Waals surface area contributed by atoms with E-state index in [1.807, 2.05) is 0 Å². The third-order valence-electron chi connectivity index (χ3n) is 2.30. The molecule has 0 unspecified atom stereocenters. The molecule has 1 amide bonds. The highest BCUT2D eigenvalue weighted by molar-refractivity contribution is 5.94. The number of aromatic nitrogens is 2. The Morgan fingerprint density at radius 2 is 2.19 bits per heavy atom. The van der Waals surface area contributed by atoms with E-state index in [0.29, 0.717) is 30.8 Å². The first kappa shape index (κ1) is 10.9. The van der Waals surface area contributed by atoms with Gasteiger partial charge < -0.3 is 10.6 Å². The van der Waals surface area contributed by atoms with E-state index in [0.717, 1.165) is 0 Å². The fourth-order valence-corrected chi connectivity index (χ4v) is 1.53. The van der Waals surface area contributed by atoms with Crippen LogP contribution in [0, 0.1) is 0 Å². The smallest absolute Gasteiger partial charge is 0.311 e. The van der Waals surface area contributed by atoms with E-state index < -0.39 is 12.1 Å². The molecule has 0 fully saturated rings. The Balaban J connectivity index is 2.16. The average molecular weight is 234 g/mol. The Morgan fingerprint density at radius 1 is 1.44 bits per heavy atom. The van der Waals surface area contributed by atoms with E-state index in [-0.39, 0.29) is 5.82 Å². The van der Waals surface area contributed by atoms with Crippen molar-refractivity contribution in [2.75, 3.05) is 11.9 Å². The predicted octanol–water partition coefficient (Wildman–Crippen LogP) is 0.556. The van der Waals surface area contributed by atoms with Crippen LogP contribution in [0.4, 0.5) is 19.0 Å². The maximum Gasteiger partial charge on any atom is 0.471 e. The topological polar surface area (TPSA) is 69.8 Å². The van der Waals surface area contributed by atoms with Crippen molar-refractivity contribution in [1.82, 2.24) is 15.5 Å². The number of alkyl halides is 3. The number of amides is 1. The molecule has 88 valence electrons. The first-order chi connectivity index (χ1) is 7.48. The van der Waals surface area contributed by atoms with Crippen LogP contribution in [0.3, 0.4) is 0 Å².